The molecule has 5 heteroatoms. The van der Waals surface area contributed by atoms with E-state index in [4.69, 9.17) is 27.4 Å². The van der Waals surface area contributed by atoms with Crippen molar-refractivity contribution in [3.63, 3.8) is 0 Å². The van der Waals surface area contributed by atoms with Crippen molar-refractivity contribution in [1.82, 2.24) is 4.98 Å². The molecule has 0 saturated heterocycles. The molecule has 0 bridgehead atoms. The van der Waals surface area contributed by atoms with Gasteiger partial charge in [0.25, 0.3) is 0 Å². The van der Waals surface area contributed by atoms with Crippen LogP contribution in [0.25, 0.3) is 0 Å². The van der Waals surface area contributed by atoms with Gasteiger partial charge in [0.05, 0.1) is 12.2 Å². The number of hydrogen-bond donors (Lipinski definition) is 1. The first-order valence-electron chi connectivity index (χ1n) is 5.41. The fraction of sp³-hybridized carbons (Fsp3) is 0.500. The maximum absolute atomic E-state index is 5.52. The van der Waals surface area contributed by atoms with Gasteiger partial charge in [-0.1, -0.05) is 12.2 Å². The van der Waals surface area contributed by atoms with Crippen LogP contribution >= 0.6 is 12.2 Å². The Morgan fingerprint density at radius 1 is 1.35 bits per heavy atom. The van der Waals surface area contributed by atoms with Crippen molar-refractivity contribution >= 4 is 17.2 Å². The van der Waals surface area contributed by atoms with Gasteiger partial charge in [-0.05, 0) is 26.8 Å². The van der Waals surface area contributed by atoms with Gasteiger partial charge in [-0.2, -0.15) is 0 Å². The Morgan fingerprint density at radius 3 is 2.53 bits per heavy atom. The summed E-state index contributed by atoms with van der Waals surface area (Å²) in [4.78, 5) is 4.42. The molecule has 0 fully saturated rings. The minimum Gasteiger partial charge on any atom is -0.475 e. The zero-order chi connectivity index (χ0) is 12.9. The lowest BCUT2D eigenvalue weighted by atomic mass is 10.2. The van der Waals surface area contributed by atoms with E-state index in [2.05, 4.69) is 4.98 Å². The van der Waals surface area contributed by atoms with E-state index in [1.165, 1.54) is 0 Å². The molecule has 94 valence electrons. The van der Waals surface area contributed by atoms with Crippen LogP contribution in [0.1, 0.15) is 26.3 Å². The van der Waals surface area contributed by atoms with Crippen LogP contribution in [-0.4, -0.2) is 28.8 Å². The standard InChI is InChI=1S/C12H18N2O2S/c1-12(2,3)16-7-6-15-10-5-4-9(8-14-10)11(13)17/h4-5,8H,6-7H2,1-3H3,(H2,13,17). The Kier molecular flexibility index (Phi) is 4.84. The minimum absolute atomic E-state index is 0.146. The van der Waals surface area contributed by atoms with Gasteiger partial charge in [-0.3, -0.25) is 0 Å². The van der Waals surface area contributed by atoms with Crippen molar-refractivity contribution in [2.45, 2.75) is 26.4 Å². The normalized spacial score (nSPS) is 11.2. The summed E-state index contributed by atoms with van der Waals surface area (Å²) in [5.41, 5.74) is 6.05. The summed E-state index contributed by atoms with van der Waals surface area (Å²) >= 11 is 4.83. The predicted molar refractivity (Wildman–Crippen MR) is 71.3 cm³/mol. The molecule has 0 amide bonds. The number of nitrogens with two attached hydrogens (primary N) is 1. The third kappa shape index (κ3) is 5.60. The number of aromatic nitrogens is 1. The maximum Gasteiger partial charge on any atom is 0.213 e. The van der Waals surface area contributed by atoms with Crippen molar-refractivity contribution in [1.29, 1.82) is 0 Å². The van der Waals surface area contributed by atoms with Crippen LogP contribution in [0.15, 0.2) is 18.3 Å². The van der Waals surface area contributed by atoms with Crippen molar-refractivity contribution in [2.75, 3.05) is 13.2 Å². The van der Waals surface area contributed by atoms with E-state index in [0.717, 1.165) is 5.56 Å². The fourth-order valence-electron chi connectivity index (χ4n) is 1.11. The van der Waals surface area contributed by atoms with Crippen molar-refractivity contribution in [2.24, 2.45) is 5.73 Å². The summed E-state index contributed by atoms with van der Waals surface area (Å²) < 4.78 is 10.9. The molecule has 1 aromatic rings. The molecule has 1 aromatic heterocycles. The summed E-state index contributed by atoms with van der Waals surface area (Å²) in [5.74, 6) is 0.544. The van der Waals surface area contributed by atoms with E-state index in [1.54, 1.807) is 18.3 Å². The SMILES string of the molecule is CC(C)(C)OCCOc1ccc(C(N)=S)cn1. The van der Waals surface area contributed by atoms with E-state index < -0.39 is 0 Å². The van der Waals surface area contributed by atoms with Gasteiger partial charge in [0.1, 0.15) is 11.6 Å². The average molecular weight is 254 g/mol. The van der Waals surface area contributed by atoms with E-state index in [9.17, 15) is 0 Å². The highest BCUT2D eigenvalue weighted by molar-refractivity contribution is 7.80. The van der Waals surface area contributed by atoms with Crippen molar-refractivity contribution in [3.05, 3.63) is 23.9 Å². The van der Waals surface area contributed by atoms with Crippen LogP contribution in [0.5, 0.6) is 5.88 Å². The summed E-state index contributed by atoms with van der Waals surface area (Å²) in [6.07, 6.45) is 1.60. The number of pyridine rings is 1. The smallest absolute Gasteiger partial charge is 0.213 e. The first-order valence-corrected chi connectivity index (χ1v) is 5.82. The highest BCUT2D eigenvalue weighted by atomic mass is 32.1. The summed E-state index contributed by atoms with van der Waals surface area (Å²) in [6, 6.07) is 3.53. The molecule has 0 aliphatic carbocycles. The second kappa shape index (κ2) is 5.93. The van der Waals surface area contributed by atoms with Crippen molar-refractivity contribution < 1.29 is 9.47 Å². The monoisotopic (exact) mass is 254 g/mol. The zero-order valence-corrected chi connectivity index (χ0v) is 11.2. The second-order valence-corrected chi connectivity index (χ2v) is 5.00. The van der Waals surface area contributed by atoms with Crippen LogP contribution in [0.4, 0.5) is 0 Å². The molecule has 0 aromatic carbocycles. The van der Waals surface area contributed by atoms with Gasteiger partial charge in [0.15, 0.2) is 0 Å². The topological polar surface area (TPSA) is 57.4 Å². The van der Waals surface area contributed by atoms with Crippen LogP contribution < -0.4 is 10.5 Å². The molecule has 0 aliphatic rings. The van der Waals surface area contributed by atoms with Gasteiger partial charge in [-0.15, -0.1) is 0 Å². The van der Waals surface area contributed by atoms with Crippen molar-refractivity contribution in [3.8, 4) is 5.88 Å². The molecule has 0 spiro atoms. The molecule has 1 rings (SSSR count). The Balaban J connectivity index is 2.35. The summed E-state index contributed by atoms with van der Waals surface area (Å²) in [7, 11) is 0. The number of ether oxygens (including phenoxy) is 2. The average Bonchev–Trinajstić information content (AvgIpc) is 2.24. The summed E-state index contributed by atoms with van der Waals surface area (Å²) in [5, 5.41) is 0. The van der Waals surface area contributed by atoms with Gasteiger partial charge < -0.3 is 15.2 Å². The Labute approximate surface area is 107 Å². The van der Waals surface area contributed by atoms with Gasteiger partial charge in [0.2, 0.25) is 5.88 Å². The predicted octanol–water partition coefficient (Wildman–Crippen LogP) is 1.91. The lowest BCUT2D eigenvalue weighted by Gasteiger charge is -2.19. The first-order chi connectivity index (χ1) is 7.88. The summed E-state index contributed by atoms with van der Waals surface area (Å²) in [6.45, 7) is 7.01. The first kappa shape index (κ1) is 13.9. The number of thiocarbonyl (C=S) groups is 1. The fourth-order valence-corrected chi connectivity index (χ4v) is 1.23. The van der Waals surface area contributed by atoms with Gasteiger partial charge >= 0.3 is 0 Å². The third-order valence-electron chi connectivity index (χ3n) is 1.89. The van der Waals surface area contributed by atoms with Crippen LogP contribution in [0.3, 0.4) is 0 Å². The van der Waals surface area contributed by atoms with E-state index >= 15 is 0 Å². The molecule has 0 unspecified atom stereocenters. The number of hydrogen-bond acceptors (Lipinski definition) is 4. The highest BCUT2D eigenvalue weighted by Crippen LogP contribution is 2.09. The molecule has 0 saturated carbocycles. The molecular weight excluding hydrogens is 236 g/mol. The van der Waals surface area contributed by atoms with Crippen LogP contribution in [0, 0.1) is 0 Å². The quantitative estimate of drug-likeness (QED) is 0.642. The Hall–Kier alpha value is -1.20. The lowest BCUT2D eigenvalue weighted by Crippen LogP contribution is -2.22. The molecule has 2 N–H and O–H groups in total. The second-order valence-electron chi connectivity index (χ2n) is 4.56. The molecule has 0 radical (unpaired) electrons. The Morgan fingerprint density at radius 2 is 2.06 bits per heavy atom. The molecule has 0 aliphatic heterocycles. The highest BCUT2D eigenvalue weighted by Gasteiger charge is 2.09. The Bertz CT molecular complexity index is 371. The maximum atomic E-state index is 5.52. The number of nitrogens with zero attached hydrogens (tertiary/aromatic N) is 1. The minimum atomic E-state index is -0.146. The van der Waals surface area contributed by atoms with Crippen LogP contribution in [-0.2, 0) is 4.74 Å². The third-order valence-corrected chi connectivity index (χ3v) is 2.12. The molecule has 17 heavy (non-hydrogen) atoms. The van der Waals surface area contributed by atoms with E-state index in [-0.39, 0.29) is 5.60 Å². The molecule has 4 nitrogen and oxygen atoms in total. The molecular formula is C12H18N2O2S. The molecule has 1 heterocycles. The lowest BCUT2D eigenvalue weighted by molar-refractivity contribution is -0.0168. The van der Waals surface area contributed by atoms with Gasteiger partial charge in [-0.25, -0.2) is 4.98 Å². The van der Waals surface area contributed by atoms with E-state index in [0.29, 0.717) is 24.1 Å². The number of rotatable bonds is 5. The largest absolute Gasteiger partial charge is 0.475 e. The van der Waals surface area contributed by atoms with Crippen LogP contribution in [0.2, 0.25) is 0 Å². The van der Waals surface area contributed by atoms with E-state index in [1.807, 2.05) is 20.8 Å². The zero-order valence-electron chi connectivity index (χ0n) is 10.4. The molecule has 0 atom stereocenters. The van der Waals surface area contributed by atoms with Gasteiger partial charge in [0, 0.05) is 17.8 Å².